The van der Waals surface area contributed by atoms with Gasteiger partial charge in [0.2, 0.25) is 5.91 Å². The van der Waals surface area contributed by atoms with Crippen molar-refractivity contribution in [3.63, 3.8) is 0 Å². The molecule has 2 amide bonds. The average Bonchev–Trinajstić information content (AvgIpc) is 2.44. The Morgan fingerprint density at radius 1 is 1.30 bits per heavy atom. The third kappa shape index (κ3) is 4.49. The van der Waals surface area contributed by atoms with Crippen LogP contribution < -0.4 is 10.6 Å². The van der Waals surface area contributed by atoms with Crippen LogP contribution in [0.1, 0.15) is 30.8 Å². The van der Waals surface area contributed by atoms with Crippen LogP contribution in [-0.2, 0) is 4.79 Å². The van der Waals surface area contributed by atoms with Gasteiger partial charge in [0.15, 0.2) is 5.69 Å². The first-order valence-corrected chi connectivity index (χ1v) is 6.55. The summed E-state index contributed by atoms with van der Waals surface area (Å²) in [5.41, 5.74) is 0.267. The van der Waals surface area contributed by atoms with Crippen LogP contribution in [0.4, 0.5) is 5.82 Å². The summed E-state index contributed by atoms with van der Waals surface area (Å²) in [5.74, 6) is 0.152. The van der Waals surface area contributed by atoms with Crippen molar-refractivity contribution in [2.24, 2.45) is 0 Å². The number of nitrogens with one attached hydrogen (secondary N) is 2. The van der Waals surface area contributed by atoms with Crippen molar-refractivity contribution >= 4 is 17.6 Å². The fraction of sp³-hybridized carbons (Fsp3) is 0.538. The van der Waals surface area contributed by atoms with Gasteiger partial charge in [0.1, 0.15) is 11.9 Å². The van der Waals surface area contributed by atoms with E-state index in [-0.39, 0.29) is 17.5 Å². The number of nitrogens with zero attached hydrogens (tertiary/aromatic N) is 3. The fourth-order valence-electron chi connectivity index (χ4n) is 1.44. The Morgan fingerprint density at radius 2 is 2.00 bits per heavy atom. The second kappa shape index (κ2) is 7.42. The van der Waals surface area contributed by atoms with Gasteiger partial charge >= 0.3 is 0 Å². The number of carbonyl (C=O) groups excluding carboxylic acids is 2. The molecule has 0 aromatic carbocycles. The van der Waals surface area contributed by atoms with Crippen molar-refractivity contribution in [2.75, 3.05) is 26.0 Å². The average molecular weight is 279 g/mol. The molecule has 0 aliphatic carbocycles. The number of hydrogen-bond acceptors (Lipinski definition) is 5. The van der Waals surface area contributed by atoms with Crippen molar-refractivity contribution in [1.29, 1.82) is 0 Å². The first-order valence-electron chi connectivity index (χ1n) is 6.55. The molecular weight excluding hydrogens is 258 g/mol. The second-order valence-electron chi connectivity index (χ2n) is 4.66. The molecule has 0 aliphatic rings. The van der Waals surface area contributed by atoms with Crippen LogP contribution >= 0.6 is 0 Å². The van der Waals surface area contributed by atoms with Crippen molar-refractivity contribution in [1.82, 2.24) is 20.4 Å². The molecule has 0 aliphatic heterocycles. The van der Waals surface area contributed by atoms with Gasteiger partial charge in [-0.05, 0) is 25.5 Å². The maximum Gasteiger partial charge on any atom is 0.273 e. The summed E-state index contributed by atoms with van der Waals surface area (Å²) < 4.78 is 0. The summed E-state index contributed by atoms with van der Waals surface area (Å²) >= 11 is 0. The molecule has 0 radical (unpaired) electrons. The monoisotopic (exact) mass is 279 g/mol. The SMILES string of the molecule is CCCNC(=O)C(C)Nc1ccc(C(=O)N(C)C)nn1. The summed E-state index contributed by atoms with van der Waals surface area (Å²) in [5, 5.41) is 13.5. The molecule has 7 nitrogen and oxygen atoms in total. The van der Waals surface area contributed by atoms with Gasteiger partial charge in [0.25, 0.3) is 5.91 Å². The van der Waals surface area contributed by atoms with Crippen molar-refractivity contribution in [2.45, 2.75) is 26.3 Å². The van der Waals surface area contributed by atoms with Crippen LogP contribution in [0.2, 0.25) is 0 Å². The first kappa shape index (κ1) is 15.9. The van der Waals surface area contributed by atoms with Gasteiger partial charge < -0.3 is 15.5 Å². The number of hydrogen-bond donors (Lipinski definition) is 2. The molecule has 1 heterocycles. The molecule has 1 unspecified atom stereocenters. The van der Waals surface area contributed by atoms with Crippen LogP contribution in [0.15, 0.2) is 12.1 Å². The Kier molecular flexibility index (Phi) is 5.89. The van der Waals surface area contributed by atoms with E-state index < -0.39 is 6.04 Å². The van der Waals surface area contributed by atoms with Gasteiger partial charge in [0.05, 0.1) is 0 Å². The van der Waals surface area contributed by atoms with Crippen LogP contribution in [0.25, 0.3) is 0 Å². The molecule has 0 saturated heterocycles. The van der Waals surface area contributed by atoms with E-state index in [2.05, 4.69) is 20.8 Å². The highest BCUT2D eigenvalue weighted by Crippen LogP contribution is 2.05. The quantitative estimate of drug-likeness (QED) is 0.792. The second-order valence-corrected chi connectivity index (χ2v) is 4.66. The predicted molar refractivity (Wildman–Crippen MR) is 76.4 cm³/mol. The van der Waals surface area contributed by atoms with Crippen LogP contribution in [-0.4, -0.2) is 53.6 Å². The number of rotatable bonds is 6. The topological polar surface area (TPSA) is 87.2 Å². The molecule has 1 atom stereocenters. The fourth-order valence-corrected chi connectivity index (χ4v) is 1.44. The maximum absolute atomic E-state index is 11.7. The lowest BCUT2D eigenvalue weighted by Crippen LogP contribution is -2.38. The van der Waals surface area contributed by atoms with E-state index in [0.29, 0.717) is 12.4 Å². The smallest absolute Gasteiger partial charge is 0.273 e. The minimum atomic E-state index is -0.411. The molecule has 110 valence electrons. The summed E-state index contributed by atoms with van der Waals surface area (Å²) in [6.45, 7) is 4.38. The molecular formula is C13H21N5O2. The zero-order valence-electron chi connectivity index (χ0n) is 12.3. The van der Waals surface area contributed by atoms with E-state index in [1.807, 2.05) is 6.92 Å². The van der Waals surface area contributed by atoms with Crippen molar-refractivity contribution in [3.05, 3.63) is 17.8 Å². The van der Waals surface area contributed by atoms with Crippen LogP contribution in [0, 0.1) is 0 Å². The minimum absolute atomic E-state index is 0.0953. The van der Waals surface area contributed by atoms with E-state index in [9.17, 15) is 9.59 Å². The predicted octanol–water partition coefficient (Wildman–Crippen LogP) is 0.505. The van der Waals surface area contributed by atoms with E-state index >= 15 is 0 Å². The van der Waals surface area contributed by atoms with E-state index in [0.717, 1.165) is 6.42 Å². The molecule has 1 rings (SSSR count). The molecule has 0 bridgehead atoms. The van der Waals surface area contributed by atoms with E-state index in [4.69, 9.17) is 0 Å². The Labute approximate surface area is 118 Å². The molecule has 2 N–H and O–H groups in total. The Morgan fingerprint density at radius 3 is 2.50 bits per heavy atom. The molecule has 20 heavy (non-hydrogen) atoms. The van der Waals surface area contributed by atoms with Crippen molar-refractivity contribution < 1.29 is 9.59 Å². The maximum atomic E-state index is 11.7. The number of anilines is 1. The summed E-state index contributed by atoms with van der Waals surface area (Å²) in [7, 11) is 3.30. The third-order valence-electron chi connectivity index (χ3n) is 2.60. The summed E-state index contributed by atoms with van der Waals surface area (Å²) in [6, 6.07) is 2.80. The van der Waals surface area contributed by atoms with Gasteiger partial charge in [-0.1, -0.05) is 6.92 Å². The third-order valence-corrected chi connectivity index (χ3v) is 2.60. The lowest BCUT2D eigenvalue weighted by molar-refractivity contribution is -0.121. The van der Waals surface area contributed by atoms with Gasteiger partial charge in [-0.25, -0.2) is 0 Å². The van der Waals surface area contributed by atoms with Gasteiger partial charge in [-0.3, -0.25) is 9.59 Å². The minimum Gasteiger partial charge on any atom is -0.357 e. The number of aromatic nitrogens is 2. The highest BCUT2D eigenvalue weighted by Gasteiger charge is 2.14. The number of carbonyl (C=O) groups is 2. The summed E-state index contributed by atoms with van der Waals surface area (Å²) in [6.07, 6.45) is 0.889. The van der Waals surface area contributed by atoms with E-state index in [1.165, 1.54) is 4.90 Å². The first-order chi connectivity index (χ1) is 9.45. The Hall–Kier alpha value is -2.18. The van der Waals surface area contributed by atoms with Crippen molar-refractivity contribution in [3.8, 4) is 0 Å². The molecule has 0 spiro atoms. The highest BCUT2D eigenvalue weighted by molar-refractivity contribution is 5.91. The molecule has 0 fully saturated rings. The zero-order chi connectivity index (χ0) is 15.1. The molecule has 7 heteroatoms. The molecule has 1 aromatic rings. The van der Waals surface area contributed by atoms with Gasteiger partial charge in [-0.15, -0.1) is 10.2 Å². The van der Waals surface area contributed by atoms with Crippen LogP contribution in [0.3, 0.4) is 0 Å². The van der Waals surface area contributed by atoms with E-state index in [1.54, 1.807) is 33.2 Å². The van der Waals surface area contributed by atoms with Gasteiger partial charge in [0, 0.05) is 20.6 Å². The lowest BCUT2D eigenvalue weighted by atomic mass is 10.3. The standard InChI is InChI=1S/C13H21N5O2/c1-5-8-14-12(19)9(2)15-11-7-6-10(16-17-11)13(20)18(3)4/h6-7,9H,5,8H2,1-4H3,(H,14,19)(H,15,17). The normalized spacial score (nSPS) is 11.6. The Balaban J connectivity index is 2.61. The van der Waals surface area contributed by atoms with Crippen LogP contribution in [0.5, 0.6) is 0 Å². The molecule has 0 saturated carbocycles. The lowest BCUT2D eigenvalue weighted by Gasteiger charge is -2.14. The molecule has 1 aromatic heterocycles. The zero-order valence-corrected chi connectivity index (χ0v) is 12.3. The largest absolute Gasteiger partial charge is 0.357 e. The highest BCUT2D eigenvalue weighted by atomic mass is 16.2. The van der Waals surface area contributed by atoms with Gasteiger partial charge in [-0.2, -0.15) is 0 Å². The number of amides is 2. The Bertz CT molecular complexity index is 458. The summed E-state index contributed by atoms with van der Waals surface area (Å²) in [4.78, 5) is 24.8.